The van der Waals surface area contributed by atoms with Crippen molar-refractivity contribution in [1.82, 2.24) is 10.6 Å². The molecule has 1 aliphatic carbocycles. The molecule has 0 aromatic heterocycles. The number of rotatable bonds is 5. The van der Waals surface area contributed by atoms with Gasteiger partial charge in [-0.1, -0.05) is 22.6 Å². The lowest BCUT2D eigenvalue weighted by Gasteiger charge is -2.36. The number of amides is 2. The average Bonchev–Trinajstić information content (AvgIpc) is 2.41. The van der Waals surface area contributed by atoms with Crippen LogP contribution in [0.2, 0.25) is 0 Å². The Hall–Kier alpha value is -0.450. The first-order valence-corrected chi connectivity index (χ1v) is 9.79. The number of nitrogens with one attached hydrogen (secondary N) is 2. The van der Waals surface area contributed by atoms with Crippen LogP contribution < -0.4 is 10.6 Å². The highest BCUT2D eigenvalue weighted by atomic mass is 127. The molecule has 8 nitrogen and oxygen atoms in total. The van der Waals surface area contributed by atoms with E-state index in [-0.39, 0.29) is 17.4 Å². The zero-order valence-electron chi connectivity index (χ0n) is 12.5. The fraction of sp³-hybridized carbons (Fsp3) is 0.385. The van der Waals surface area contributed by atoms with Crippen LogP contribution in [0.25, 0.3) is 0 Å². The number of alkyl halides is 2. The van der Waals surface area contributed by atoms with Gasteiger partial charge in [-0.3, -0.25) is 9.59 Å². The van der Waals surface area contributed by atoms with Crippen LogP contribution >= 0.6 is 67.8 Å². The van der Waals surface area contributed by atoms with Crippen LogP contribution in [-0.4, -0.2) is 42.9 Å². The highest BCUT2D eigenvalue weighted by Gasteiger charge is 2.44. The normalized spacial score (nSPS) is 23.2. The summed E-state index contributed by atoms with van der Waals surface area (Å²) in [5.74, 6) is -2.76. The maximum Gasteiger partial charge on any atom is 0.341 e. The molecule has 0 saturated carbocycles. The van der Waals surface area contributed by atoms with Gasteiger partial charge >= 0.3 is 11.9 Å². The maximum atomic E-state index is 12.3. The Balaban J connectivity index is 3.32. The van der Waals surface area contributed by atoms with Gasteiger partial charge in [-0.25, -0.2) is 9.59 Å². The molecule has 0 aliphatic heterocycles. The van der Waals surface area contributed by atoms with Crippen molar-refractivity contribution in [3.63, 3.8) is 0 Å². The second-order valence-electron chi connectivity index (χ2n) is 4.75. The largest absolute Gasteiger partial charge is 0.479 e. The molecule has 1 aliphatic rings. The van der Waals surface area contributed by atoms with E-state index in [1.165, 1.54) is 13.8 Å². The molecule has 2 unspecified atom stereocenters. The molecule has 0 heterocycles. The lowest BCUT2D eigenvalue weighted by atomic mass is 9.98. The van der Waals surface area contributed by atoms with Crippen LogP contribution in [0.15, 0.2) is 20.9 Å². The van der Waals surface area contributed by atoms with E-state index in [2.05, 4.69) is 10.6 Å². The van der Waals surface area contributed by atoms with Gasteiger partial charge in [0, 0.05) is 17.4 Å². The molecule has 0 fully saturated rings. The second-order valence-corrected chi connectivity index (χ2v) is 8.86. The van der Waals surface area contributed by atoms with E-state index in [1.807, 2.05) is 67.8 Å². The summed E-state index contributed by atoms with van der Waals surface area (Å²) in [7, 11) is 0. The van der Waals surface area contributed by atoms with Gasteiger partial charge in [-0.15, -0.1) is 0 Å². The van der Waals surface area contributed by atoms with E-state index in [0.29, 0.717) is 9.28 Å². The number of carboxylic acid groups (broad SMARTS) is 1. The summed E-state index contributed by atoms with van der Waals surface area (Å²) in [6.07, 6.45) is 1.64. The quantitative estimate of drug-likeness (QED) is 0.176. The zero-order chi connectivity index (χ0) is 18.7. The summed E-state index contributed by atoms with van der Waals surface area (Å²) in [5, 5.41) is 14.0. The first kappa shape index (κ1) is 21.6. The Bertz CT molecular complexity index is 660. The number of hydrogen-bond donors (Lipinski definition) is 3. The molecule has 2 atom stereocenters. The van der Waals surface area contributed by atoms with Crippen molar-refractivity contribution in [3.05, 3.63) is 20.9 Å². The Morgan fingerprint density at radius 3 is 2.33 bits per heavy atom. The van der Waals surface area contributed by atoms with Crippen LogP contribution in [0.3, 0.4) is 0 Å². The Kier molecular flexibility index (Phi) is 7.89. The van der Waals surface area contributed by atoms with Gasteiger partial charge in [0.15, 0.2) is 6.61 Å². The number of carboxylic acids is 1. The molecule has 0 spiro atoms. The standard InChI is InChI=1S/C13H13I3N2O6/c1-5(19)17-7-3-13(16,18-6(2)20)11(15)9(10(7)14)12(23)24-4-8(21)22/h3,11H,4H2,1-2H3,(H,17,19)(H,18,20)(H,21,22). The van der Waals surface area contributed by atoms with Crippen LogP contribution in [0.5, 0.6) is 0 Å². The molecule has 0 aromatic rings. The van der Waals surface area contributed by atoms with E-state index in [4.69, 9.17) is 9.84 Å². The highest BCUT2D eigenvalue weighted by molar-refractivity contribution is 14.1. The fourth-order valence-corrected chi connectivity index (χ4v) is 5.18. The third-order valence-corrected chi connectivity index (χ3v) is 7.84. The van der Waals surface area contributed by atoms with Crippen molar-refractivity contribution < 1.29 is 29.0 Å². The monoisotopic (exact) mass is 674 g/mol. The number of esters is 1. The van der Waals surface area contributed by atoms with Gasteiger partial charge in [0.05, 0.1) is 15.2 Å². The van der Waals surface area contributed by atoms with E-state index in [0.717, 1.165) is 0 Å². The van der Waals surface area contributed by atoms with Crippen molar-refractivity contribution in [1.29, 1.82) is 0 Å². The summed E-state index contributed by atoms with van der Waals surface area (Å²) in [4.78, 5) is 45.8. The minimum atomic E-state index is -1.28. The van der Waals surface area contributed by atoms with Gasteiger partial charge in [0.25, 0.3) is 0 Å². The summed E-state index contributed by atoms with van der Waals surface area (Å²) < 4.78 is 3.67. The van der Waals surface area contributed by atoms with Gasteiger partial charge < -0.3 is 20.5 Å². The molecule has 11 heteroatoms. The number of ether oxygens (including phenoxy) is 1. The number of aliphatic carboxylic acids is 1. The second kappa shape index (κ2) is 8.77. The Morgan fingerprint density at radius 1 is 1.29 bits per heavy atom. The number of carbonyl (C=O) groups excluding carboxylic acids is 3. The first-order chi connectivity index (χ1) is 11.0. The summed E-state index contributed by atoms with van der Waals surface area (Å²) >= 11 is 5.82. The summed E-state index contributed by atoms with van der Waals surface area (Å²) in [5.41, 5.74) is 0.522. The molecule has 0 radical (unpaired) electrons. The van der Waals surface area contributed by atoms with E-state index in [1.54, 1.807) is 6.08 Å². The van der Waals surface area contributed by atoms with Gasteiger partial charge in [-0.2, -0.15) is 0 Å². The van der Waals surface area contributed by atoms with Crippen LogP contribution in [0.1, 0.15) is 13.8 Å². The smallest absolute Gasteiger partial charge is 0.341 e. The Labute approximate surface area is 178 Å². The predicted octanol–water partition coefficient (Wildman–Crippen LogP) is 1.41. The first-order valence-electron chi connectivity index (χ1n) is 6.39. The molecular formula is C13H13I3N2O6. The van der Waals surface area contributed by atoms with E-state index >= 15 is 0 Å². The summed E-state index contributed by atoms with van der Waals surface area (Å²) in [6.45, 7) is 1.88. The topological polar surface area (TPSA) is 122 Å². The van der Waals surface area contributed by atoms with Crippen molar-refractivity contribution in [2.45, 2.75) is 21.3 Å². The third-order valence-electron chi connectivity index (χ3n) is 2.67. The molecule has 0 saturated heterocycles. The van der Waals surface area contributed by atoms with E-state index < -0.39 is 26.0 Å². The van der Waals surface area contributed by atoms with Crippen LogP contribution in [0, 0.1) is 0 Å². The predicted molar refractivity (Wildman–Crippen MR) is 110 cm³/mol. The molecule has 1 rings (SSSR count). The number of halogens is 3. The number of carbonyl (C=O) groups is 4. The lowest BCUT2D eigenvalue weighted by molar-refractivity contribution is -0.152. The third kappa shape index (κ3) is 5.53. The zero-order valence-corrected chi connectivity index (χ0v) is 19.0. The molecule has 24 heavy (non-hydrogen) atoms. The molecule has 2 amide bonds. The molecular weight excluding hydrogens is 661 g/mol. The van der Waals surface area contributed by atoms with Crippen LogP contribution in [0.4, 0.5) is 0 Å². The minimum absolute atomic E-state index is 0.173. The van der Waals surface area contributed by atoms with Gasteiger partial charge in [-0.05, 0) is 51.3 Å². The van der Waals surface area contributed by atoms with E-state index in [9.17, 15) is 19.2 Å². The molecule has 132 valence electrons. The van der Waals surface area contributed by atoms with Gasteiger partial charge in [0.1, 0.15) is 3.55 Å². The summed E-state index contributed by atoms with van der Waals surface area (Å²) in [6, 6.07) is 0. The number of allylic oxidation sites excluding steroid dienone is 1. The van der Waals surface area contributed by atoms with Crippen LogP contribution in [-0.2, 0) is 23.9 Å². The molecule has 3 N–H and O–H groups in total. The van der Waals surface area contributed by atoms with Gasteiger partial charge in [0.2, 0.25) is 11.8 Å². The average molecular weight is 674 g/mol. The fourth-order valence-electron chi connectivity index (χ4n) is 1.86. The molecule has 0 bridgehead atoms. The van der Waals surface area contributed by atoms with Crippen molar-refractivity contribution >= 4 is 91.5 Å². The maximum absolute atomic E-state index is 12.3. The highest BCUT2D eigenvalue weighted by Crippen LogP contribution is 2.43. The van der Waals surface area contributed by atoms with Crippen molar-refractivity contribution in [2.24, 2.45) is 0 Å². The number of hydrogen-bond acceptors (Lipinski definition) is 5. The Morgan fingerprint density at radius 2 is 1.88 bits per heavy atom. The lowest BCUT2D eigenvalue weighted by Crippen LogP contribution is -2.51. The SMILES string of the molecule is CC(=O)NC1=CC(I)(NC(C)=O)C(I)C(C(=O)OCC(=O)O)=C1I. The molecule has 0 aromatic carbocycles. The van der Waals surface area contributed by atoms with Crippen molar-refractivity contribution in [2.75, 3.05) is 6.61 Å². The van der Waals surface area contributed by atoms with Crippen molar-refractivity contribution in [3.8, 4) is 0 Å². The minimum Gasteiger partial charge on any atom is -0.479 e.